The minimum atomic E-state index is -5.32. The molecule has 0 aromatic carbocycles. The van der Waals surface area contributed by atoms with Crippen LogP contribution in [0.5, 0.6) is 0 Å². The van der Waals surface area contributed by atoms with Crippen LogP contribution in [0.2, 0.25) is 0 Å². The van der Waals surface area contributed by atoms with Crippen LogP contribution in [0.25, 0.3) is 0 Å². The molecule has 10 nitrogen and oxygen atoms in total. The van der Waals surface area contributed by atoms with E-state index in [4.69, 9.17) is 30.1 Å². The summed E-state index contributed by atoms with van der Waals surface area (Å²) in [5.74, 6) is -1.97. The maximum Gasteiger partial charge on any atom is 0.335 e. The molecule has 100 valence electrons. The van der Waals surface area contributed by atoms with Crippen molar-refractivity contribution in [2.45, 2.75) is 24.4 Å². The minimum absolute atomic E-state index is 1.97. The van der Waals surface area contributed by atoms with Crippen molar-refractivity contribution in [3.63, 3.8) is 0 Å². The third kappa shape index (κ3) is 3.99. The molecule has 0 heterocycles. The zero-order chi connectivity index (χ0) is 14.0. The number of rotatable bonds is 5. The predicted octanol–water partition coefficient (Wildman–Crippen LogP) is -4.07. The van der Waals surface area contributed by atoms with Crippen LogP contribution in [0.3, 0.4) is 0 Å². The molecule has 6 N–H and O–H groups in total. The average molecular weight is 274 g/mol. The molecule has 0 amide bonds. The summed E-state index contributed by atoms with van der Waals surface area (Å²) in [6.07, 6.45) is -10.5. The molecule has 17 heavy (non-hydrogen) atoms. The number of hydrogen-bond acceptors (Lipinski definition) is 8. The van der Waals surface area contributed by atoms with E-state index < -0.39 is 45.6 Å². The topological polar surface area (TPSA) is 190 Å². The van der Waals surface area contributed by atoms with E-state index in [0.717, 1.165) is 0 Å². The first kappa shape index (κ1) is 15.9. The molecule has 0 aliphatic carbocycles. The SMILES string of the molecule is O=C(O)[C@@H](O)[C@H](O)[C@@H](O)[C@H](O)C(=O)S(=O)(=O)O. The zero-order valence-corrected chi connectivity index (χ0v) is 8.85. The van der Waals surface area contributed by atoms with Gasteiger partial charge in [0.05, 0.1) is 0 Å². The lowest BCUT2D eigenvalue weighted by Crippen LogP contribution is -2.51. The summed E-state index contributed by atoms with van der Waals surface area (Å²) in [5.41, 5.74) is 0. The molecule has 0 saturated heterocycles. The number of carboxylic acids is 1. The molecule has 0 aromatic heterocycles. The molecule has 0 aliphatic heterocycles. The van der Waals surface area contributed by atoms with E-state index in [0.29, 0.717) is 0 Å². The monoisotopic (exact) mass is 274 g/mol. The second-order valence-electron chi connectivity index (χ2n) is 3.00. The fraction of sp³-hybridized carbons (Fsp3) is 0.667. The number of carbonyl (C=O) groups is 2. The van der Waals surface area contributed by atoms with Crippen molar-refractivity contribution in [1.82, 2.24) is 0 Å². The van der Waals surface area contributed by atoms with Crippen LogP contribution in [0.15, 0.2) is 0 Å². The van der Waals surface area contributed by atoms with E-state index in [1.165, 1.54) is 0 Å². The molecular formula is C6H10O10S. The number of carboxylic acid groups (broad SMARTS) is 1. The van der Waals surface area contributed by atoms with Gasteiger partial charge in [-0.3, -0.25) is 9.35 Å². The average Bonchev–Trinajstić information content (AvgIpc) is 2.22. The summed E-state index contributed by atoms with van der Waals surface area (Å²) in [7, 11) is -5.32. The van der Waals surface area contributed by atoms with Gasteiger partial charge in [0.15, 0.2) is 12.2 Å². The van der Waals surface area contributed by atoms with Crippen LogP contribution in [-0.2, 0) is 19.7 Å². The Morgan fingerprint density at radius 1 is 0.882 bits per heavy atom. The first-order valence-corrected chi connectivity index (χ1v) is 5.40. The van der Waals surface area contributed by atoms with Crippen molar-refractivity contribution in [3.8, 4) is 0 Å². The van der Waals surface area contributed by atoms with Gasteiger partial charge in [-0.15, -0.1) is 0 Å². The van der Waals surface area contributed by atoms with E-state index in [-0.39, 0.29) is 0 Å². The fourth-order valence-electron chi connectivity index (χ4n) is 0.812. The highest BCUT2D eigenvalue weighted by atomic mass is 32.2. The summed E-state index contributed by atoms with van der Waals surface area (Å²) < 4.78 is 28.8. The molecule has 0 radical (unpaired) electrons. The number of carbonyl (C=O) groups excluding carboxylic acids is 1. The van der Waals surface area contributed by atoms with Crippen LogP contribution < -0.4 is 0 Å². The van der Waals surface area contributed by atoms with Crippen molar-refractivity contribution < 1.29 is 48.1 Å². The standard InChI is InChI=1S/C6H10O10S/c7-1(3(9)5(11)12)2(8)4(10)6(13)17(14,15)16/h1-4,7-10H,(H,11,12)(H,14,15,16)/t1-,2-,3+,4+/m1/s1. The quantitative estimate of drug-likeness (QED) is 0.269. The lowest BCUT2D eigenvalue weighted by molar-refractivity contribution is -0.164. The Hall–Kier alpha value is -1.11. The molecule has 11 heteroatoms. The first-order valence-electron chi connectivity index (χ1n) is 3.96. The second kappa shape index (κ2) is 5.48. The summed E-state index contributed by atoms with van der Waals surface area (Å²) in [4.78, 5) is 20.9. The van der Waals surface area contributed by atoms with Crippen molar-refractivity contribution in [2.75, 3.05) is 0 Å². The zero-order valence-electron chi connectivity index (χ0n) is 8.03. The van der Waals surface area contributed by atoms with Gasteiger partial charge in [-0.2, -0.15) is 8.42 Å². The smallest absolute Gasteiger partial charge is 0.335 e. The van der Waals surface area contributed by atoms with E-state index in [1.807, 2.05) is 0 Å². The third-order valence-corrected chi connectivity index (χ3v) is 2.50. The fourth-order valence-corrected chi connectivity index (χ4v) is 1.26. The van der Waals surface area contributed by atoms with Gasteiger partial charge in [-0.05, 0) is 0 Å². The van der Waals surface area contributed by atoms with Gasteiger partial charge in [0.2, 0.25) is 0 Å². The van der Waals surface area contributed by atoms with E-state index in [9.17, 15) is 18.0 Å². The lowest BCUT2D eigenvalue weighted by atomic mass is 10.0. The highest BCUT2D eigenvalue weighted by Gasteiger charge is 2.41. The Kier molecular flexibility index (Phi) is 5.12. The molecule has 0 fully saturated rings. The molecule has 0 saturated carbocycles. The van der Waals surface area contributed by atoms with Gasteiger partial charge < -0.3 is 25.5 Å². The van der Waals surface area contributed by atoms with Crippen molar-refractivity contribution in [3.05, 3.63) is 0 Å². The molecular weight excluding hydrogens is 264 g/mol. The summed E-state index contributed by atoms with van der Waals surface area (Å²) in [6.45, 7) is 0. The Bertz CT molecular complexity index is 399. The van der Waals surface area contributed by atoms with Gasteiger partial charge in [0, 0.05) is 0 Å². The predicted molar refractivity (Wildman–Crippen MR) is 48.2 cm³/mol. The Balaban J connectivity index is 4.89. The van der Waals surface area contributed by atoms with E-state index in [2.05, 4.69) is 0 Å². The third-order valence-electron chi connectivity index (χ3n) is 1.75. The first-order chi connectivity index (χ1) is 7.50. The van der Waals surface area contributed by atoms with Crippen LogP contribution in [0.4, 0.5) is 0 Å². The van der Waals surface area contributed by atoms with E-state index >= 15 is 0 Å². The second-order valence-corrected chi connectivity index (χ2v) is 4.36. The molecule has 0 bridgehead atoms. The molecule has 0 aromatic rings. The van der Waals surface area contributed by atoms with Crippen LogP contribution in [0, 0.1) is 0 Å². The largest absolute Gasteiger partial charge is 0.479 e. The Labute approximate surface area is 94.5 Å². The highest BCUT2D eigenvalue weighted by Crippen LogP contribution is 2.08. The maximum absolute atomic E-state index is 10.7. The van der Waals surface area contributed by atoms with E-state index in [1.54, 1.807) is 0 Å². The lowest BCUT2D eigenvalue weighted by Gasteiger charge is -2.22. The normalized spacial score (nSPS) is 19.1. The van der Waals surface area contributed by atoms with Crippen molar-refractivity contribution in [2.24, 2.45) is 0 Å². The summed E-state index contributed by atoms with van der Waals surface area (Å²) in [5, 5.41) is 41.7. The number of aliphatic hydroxyl groups is 4. The van der Waals surface area contributed by atoms with Gasteiger partial charge in [-0.1, -0.05) is 0 Å². The maximum atomic E-state index is 10.7. The van der Waals surface area contributed by atoms with Crippen LogP contribution in [0.1, 0.15) is 0 Å². The van der Waals surface area contributed by atoms with Gasteiger partial charge in [0.25, 0.3) is 0 Å². The Morgan fingerprint density at radius 3 is 1.53 bits per heavy atom. The van der Waals surface area contributed by atoms with Gasteiger partial charge in [-0.25, -0.2) is 4.79 Å². The van der Waals surface area contributed by atoms with Crippen molar-refractivity contribution in [1.29, 1.82) is 0 Å². The number of aliphatic carboxylic acids is 1. The summed E-state index contributed by atoms with van der Waals surface area (Å²) in [6, 6.07) is 0. The molecule has 4 atom stereocenters. The molecule has 0 spiro atoms. The van der Waals surface area contributed by atoms with Crippen LogP contribution >= 0.6 is 0 Å². The Morgan fingerprint density at radius 2 is 1.24 bits per heavy atom. The molecule has 0 unspecified atom stereocenters. The van der Waals surface area contributed by atoms with Crippen molar-refractivity contribution >= 4 is 21.2 Å². The molecule has 0 aliphatic rings. The molecule has 0 rings (SSSR count). The van der Waals surface area contributed by atoms with Gasteiger partial charge in [0.1, 0.15) is 12.2 Å². The number of aliphatic hydroxyl groups excluding tert-OH is 4. The highest BCUT2D eigenvalue weighted by molar-refractivity contribution is 8.01. The minimum Gasteiger partial charge on any atom is -0.479 e. The van der Waals surface area contributed by atoms with Crippen LogP contribution in [-0.4, -0.2) is 74.0 Å². The summed E-state index contributed by atoms with van der Waals surface area (Å²) >= 11 is 0. The van der Waals surface area contributed by atoms with Gasteiger partial charge >= 0.3 is 21.2 Å². The number of hydrogen-bond donors (Lipinski definition) is 6.